The van der Waals surface area contributed by atoms with Gasteiger partial charge in [0.25, 0.3) is 0 Å². The number of Topliss-reactive ketones (excluding diaryl/α,β-unsaturated/α-hetero) is 1. The van der Waals surface area contributed by atoms with Gasteiger partial charge in [-0.2, -0.15) is 0 Å². The SMILES string of the molecule is O=C1CCC(CNCc2c[nH]c3ccccc23)CC1. The van der Waals surface area contributed by atoms with Crippen LogP contribution in [0.2, 0.25) is 0 Å². The average Bonchev–Trinajstić information content (AvgIpc) is 2.85. The molecule has 1 fully saturated rings. The molecule has 19 heavy (non-hydrogen) atoms. The normalized spacial score (nSPS) is 17.2. The van der Waals surface area contributed by atoms with Gasteiger partial charge >= 0.3 is 0 Å². The van der Waals surface area contributed by atoms with Gasteiger partial charge in [0.2, 0.25) is 0 Å². The van der Waals surface area contributed by atoms with Crippen molar-refractivity contribution in [2.45, 2.75) is 32.2 Å². The number of para-hydroxylation sites is 1. The molecular weight excluding hydrogens is 236 g/mol. The standard InChI is InChI=1S/C16H20N2O/c19-14-7-5-12(6-8-14)9-17-10-13-11-18-16-4-2-1-3-15(13)16/h1-4,11-12,17-18H,5-10H2. The number of fused-ring (bicyclic) bond motifs is 1. The monoisotopic (exact) mass is 256 g/mol. The summed E-state index contributed by atoms with van der Waals surface area (Å²) in [6, 6.07) is 8.38. The fraction of sp³-hybridized carbons (Fsp3) is 0.438. The Morgan fingerprint density at radius 3 is 2.84 bits per heavy atom. The molecule has 3 nitrogen and oxygen atoms in total. The van der Waals surface area contributed by atoms with Gasteiger partial charge in [-0.1, -0.05) is 18.2 Å². The number of carbonyl (C=O) groups is 1. The first-order chi connectivity index (χ1) is 9.33. The van der Waals surface area contributed by atoms with E-state index in [0.717, 1.165) is 38.8 Å². The summed E-state index contributed by atoms with van der Waals surface area (Å²) >= 11 is 0. The number of hydrogen-bond acceptors (Lipinski definition) is 2. The van der Waals surface area contributed by atoms with Crippen LogP contribution < -0.4 is 5.32 Å². The van der Waals surface area contributed by atoms with Crippen LogP contribution in [0.15, 0.2) is 30.5 Å². The zero-order valence-corrected chi connectivity index (χ0v) is 11.1. The molecule has 0 saturated heterocycles. The van der Waals surface area contributed by atoms with Crippen LogP contribution in [0, 0.1) is 5.92 Å². The van der Waals surface area contributed by atoms with E-state index in [9.17, 15) is 4.79 Å². The Hall–Kier alpha value is -1.61. The van der Waals surface area contributed by atoms with Crippen LogP contribution in [0.4, 0.5) is 0 Å². The number of rotatable bonds is 4. The molecule has 3 rings (SSSR count). The lowest BCUT2D eigenvalue weighted by Crippen LogP contribution is -2.26. The second-order valence-electron chi connectivity index (χ2n) is 5.47. The van der Waals surface area contributed by atoms with E-state index in [1.807, 2.05) is 0 Å². The van der Waals surface area contributed by atoms with E-state index in [-0.39, 0.29) is 0 Å². The van der Waals surface area contributed by atoms with Gasteiger partial charge in [-0.15, -0.1) is 0 Å². The largest absolute Gasteiger partial charge is 0.361 e. The molecule has 0 unspecified atom stereocenters. The minimum atomic E-state index is 0.438. The van der Waals surface area contributed by atoms with Gasteiger partial charge in [0.05, 0.1) is 0 Å². The van der Waals surface area contributed by atoms with Crippen LogP contribution in [-0.2, 0) is 11.3 Å². The molecule has 2 N–H and O–H groups in total. The Kier molecular flexibility index (Phi) is 3.65. The molecule has 0 amide bonds. The topological polar surface area (TPSA) is 44.9 Å². The molecule has 1 aliphatic rings. The minimum Gasteiger partial charge on any atom is -0.361 e. The van der Waals surface area contributed by atoms with E-state index >= 15 is 0 Å². The van der Waals surface area contributed by atoms with Gasteiger partial charge in [-0.05, 0) is 36.9 Å². The maximum atomic E-state index is 11.2. The lowest BCUT2D eigenvalue weighted by molar-refractivity contribution is -0.120. The summed E-state index contributed by atoms with van der Waals surface area (Å²) in [7, 11) is 0. The molecule has 1 aliphatic carbocycles. The Balaban J connectivity index is 1.53. The van der Waals surface area contributed by atoms with E-state index in [4.69, 9.17) is 0 Å². The summed E-state index contributed by atoms with van der Waals surface area (Å²) in [5.74, 6) is 1.11. The summed E-state index contributed by atoms with van der Waals surface area (Å²) in [4.78, 5) is 14.5. The number of carbonyl (C=O) groups excluding carboxylic acids is 1. The maximum Gasteiger partial charge on any atom is 0.132 e. The van der Waals surface area contributed by atoms with E-state index in [1.54, 1.807) is 0 Å². The van der Waals surface area contributed by atoms with Gasteiger partial charge in [0.15, 0.2) is 0 Å². The van der Waals surface area contributed by atoms with Gasteiger partial charge in [-0.3, -0.25) is 4.79 Å². The van der Waals surface area contributed by atoms with Crippen molar-refractivity contribution in [2.24, 2.45) is 5.92 Å². The zero-order valence-electron chi connectivity index (χ0n) is 11.1. The van der Waals surface area contributed by atoms with Gasteiger partial charge in [0, 0.05) is 36.5 Å². The van der Waals surface area contributed by atoms with Crippen molar-refractivity contribution in [2.75, 3.05) is 6.54 Å². The minimum absolute atomic E-state index is 0.438. The Morgan fingerprint density at radius 2 is 2.00 bits per heavy atom. The second-order valence-corrected chi connectivity index (χ2v) is 5.47. The second kappa shape index (κ2) is 5.57. The summed E-state index contributed by atoms with van der Waals surface area (Å²) in [5.41, 5.74) is 2.52. The molecule has 0 aliphatic heterocycles. The Morgan fingerprint density at radius 1 is 1.21 bits per heavy atom. The molecule has 3 heteroatoms. The predicted molar refractivity (Wildman–Crippen MR) is 77.0 cm³/mol. The number of hydrogen-bond donors (Lipinski definition) is 2. The highest BCUT2D eigenvalue weighted by Crippen LogP contribution is 2.21. The average molecular weight is 256 g/mol. The lowest BCUT2D eigenvalue weighted by Gasteiger charge is -2.21. The number of H-pyrrole nitrogens is 1. The zero-order chi connectivity index (χ0) is 13.1. The first kappa shape index (κ1) is 12.4. The highest BCUT2D eigenvalue weighted by atomic mass is 16.1. The number of aromatic nitrogens is 1. The first-order valence-corrected chi connectivity index (χ1v) is 7.10. The van der Waals surface area contributed by atoms with Crippen LogP contribution >= 0.6 is 0 Å². The number of nitrogens with one attached hydrogen (secondary N) is 2. The van der Waals surface area contributed by atoms with Crippen molar-refractivity contribution in [3.63, 3.8) is 0 Å². The van der Waals surface area contributed by atoms with Crippen LogP contribution in [0.25, 0.3) is 10.9 Å². The van der Waals surface area contributed by atoms with E-state index in [0.29, 0.717) is 11.7 Å². The number of benzene rings is 1. The molecule has 0 bridgehead atoms. The van der Waals surface area contributed by atoms with Gasteiger partial charge in [-0.25, -0.2) is 0 Å². The third-order valence-electron chi connectivity index (χ3n) is 4.09. The molecule has 1 aromatic heterocycles. The molecule has 1 heterocycles. The smallest absolute Gasteiger partial charge is 0.132 e. The van der Waals surface area contributed by atoms with Gasteiger partial charge in [0.1, 0.15) is 5.78 Å². The van der Waals surface area contributed by atoms with Crippen molar-refractivity contribution in [1.29, 1.82) is 0 Å². The third kappa shape index (κ3) is 2.87. The number of aromatic amines is 1. The summed E-state index contributed by atoms with van der Waals surface area (Å²) in [6.07, 6.45) is 5.75. The molecule has 100 valence electrons. The summed E-state index contributed by atoms with van der Waals surface area (Å²) in [6.45, 7) is 1.92. The number of ketones is 1. The molecule has 0 spiro atoms. The van der Waals surface area contributed by atoms with Crippen molar-refractivity contribution in [3.8, 4) is 0 Å². The fourth-order valence-electron chi connectivity index (χ4n) is 2.89. The third-order valence-corrected chi connectivity index (χ3v) is 4.09. The first-order valence-electron chi connectivity index (χ1n) is 7.10. The highest BCUT2D eigenvalue weighted by Gasteiger charge is 2.18. The van der Waals surface area contributed by atoms with E-state index < -0.39 is 0 Å². The van der Waals surface area contributed by atoms with Crippen LogP contribution in [0.5, 0.6) is 0 Å². The molecule has 0 radical (unpaired) electrons. The molecule has 2 aromatic rings. The fourth-order valence-corrected chi connectivity index (χ4v) is 2.89. The molecular formula is C16H20N2O. The van der Waals surface area contributed by atoms with Crippen molar-refractivity contribution >= 4 is 16.7 Å². The van der Waals surface area contributed by atoms with E-state index in [1.165, 1.54) is 16.5 Å². The van der Waals surface area contributed by atoms with Crippen LogP contribution in [0.1, 0.15) is 31.2 Å². The van der Waals surface area contributed by atoms with Crippen molar-refractivity contribution < 1.29 is 4.79 Å². The van der Waals surface area contributed by atoms with Crippen LogP contribution in [0.3, 0.4) is 0 Å². The van der Waals surface area contributed by atoms with Crippen molar-refractivity contribution in [3.05, 3.63) is 36.0 Å². The van der Waals surface area contributed by atoms with Crippen LogP contribution in [-0.4, -0.2) is 17.3 Å². The van der Waals surface area contributed by atoms with Gasteiger partial charge < -0.3 is 10.3 Å². The summed E-state index contributed by atoms with van der Waals surface area (Å²) < 4.78 is 0. The Labute approximate surface area is 113 Å². The Bertz CT molecular complexity index is 563. The van der Waals surface area contributed by atoms with Crippen molar-refractivity contribution in [1.82, 2.24) is 10.3 Å². The predicted octanol–water partition coefficient (Wildman–Crippen LogP) is 3.02. The quantitative estimate of drug-likeness (QED) is 0.883. The molecule has 1 aromatic carbocycles. The highest BCUT2D eigenvalue weighted by molar-refractivity contribution is 5.83. The summed E-state index contributed by atoms with van der Waals surface area (Å²) in [5, 5.41) is 4.83. The molecule has 0 atom stereocenters. The van der Waals surface area contributed by atoms with E-state index in [2.05, 4.69) is 40.8 Å². The maximum absolute atomic E-state index is 11.2. The molecule has 1 saturated carbocycles. The lowest BCUT2D eigenvalue weighted by atomic mass is 9.88.